The fourth-order valence-electron chi connectivity index (χ4n) is 2.57. The first-order chi connectivity index (χ1) is 13.3. The number of guanidine groups is 1. The number of rotatable bonds is 6. The molecule has 1 amide bonds. The van der Waals surface area contributed by atoms with Gasteiger partial charge in [-0.1, -0.05) is 30.3 Å². The average molecular weight is 520 g/mol. The van der Waals surface area contributed by atoms with E-state index in [0.29, 0.717) is 31.2 Å². The van der Waals surface area contributed by atoms with E-state index in [1.165, 1.54) is 12.1 Å². The Morgan fingerprint density at radius 2 is 1.59 bits per heavy atom. The standard InChI is InChI=1S/C20H23F3N4O.HI/c1-24-19(26-13-12-25-18(28)16-6-4-3-5-7-16)27(2)14-15-8-10-17(11-9-15)20(21,22)23;/h3-11H,12-14H2,1-2H3,(H,24,26)(H,25,28);1H. The Morgan fingerprint density at radius 3 is 2.14 bits per heavy atom. The van der Waals surface area contributed by atoms with Crippen LogP contribution in [0.15, 0.2) is 59.6 Å². The number of halogens is 4. The van der Waals surface area contributed by atoms with E-state index in [1.54, 1.807) is 43.3 Å². The molecule has 0 radical (unpaired) electrons. The van der Waals surface area contributed by atoms with Gasteiger partial charge in [0, 0.05) is 39.3 Å². The van der Waals surface area contributed by atoms with Gasteiger partial charge in [0.1, 0.15) is 0 Å². The third-order valence-corrected chi connectivity index (χ3v) is 4.00. The summed E-state index contributed by atoms with van der Waals surface area (Å²) in [7, 11) is 3.41. The van der Waals surface area contributed by atoms with E-state index >= 15 is 0 Å². The number of benzene rings is 2. The molecule has 5 nitrogen and oxygen atoms in total. The van der Waals surface area contributed by atoms with E-state index in [9.17, 15) is 18.0 Å². The van der Waals surface area contributed by atoms with Gasteiger partial charge in [0.25, 0.3) is 5.91 Å². The highest BCUT2D eigenvalue weighted by atomic mass is 127. The van der Waals surface area contributed by atoms with Gasteiger partial charge in [-0.05, 0) is 29.8 Å². The monoisotopic (exact) mass is 520 g/mol. The Kier molecular flexibility index (Phi) is 9.93. The third-order valence-electron chi connectivity index (χ3n) is 4.00. The number of hydrogen-bond donors (Lipinski definition) is 2. The van der Waals surface area contributed by atoms with Crippen LogP contribution in [0.25, 0.3) is 0 Å². The normalized spacial score (nSPS) is 11.4. The maximum atomic E-state index is 12.6. The van der Waals surface area contributed by atoms with Crippen molar-refractivity contribution >= 4 is 35.8 Å². The van der Waals surface area contributed by atoms with Crippen molar-refractivity contribution in [3.63, 3.8) is 0 Å². The van der Waals surface area contributed by atoms with E-state index in [-0.39, 0.29) is 29.9 Å². The highest BCUT2D eigenvalue weighted by Crippen LogP contribution is 2.29. The number of nitrogens with one attached hydrogen (secondary N) is 2. The molecule has 0 aliphatic carbocycles. The molecule has 158 valence electrons. The van der Waals surface area contributed by atoms with Crippen LogP contribution in [0.4, 0.5) is 13.2 Å². The van der Waals surface area contributed by atoms with Crippen molar-refractivity contribution in [1.82, 2.24) is 15.5 Å². The van der Waals surface area contributed by atoms with E-state index in [2.05, 4.69) is 15.6 Å². The van der Waals surface area contributed by atoms with E-state index in [4.69, 9.17) is 0 Å². The van der Waals surface area contributed by atoms with Crippen molar-refractivity contribution in [2.45, 2.75) is 12.7 Å². The molecule has 0 saturated carbocycles. The summed E-state index contributed by atoms with van der Waals surface area (Å²) in [6.45, 7) is 1.26. The van der Waals surface area contributed by atoms with Crippen molar-refractivity contribution in [2.24, 2.45) is 4.99 Å². The highest BCUT2D eigenvalue weighted by molar-refractivity contribution is 14.0. The Morgan fingerprint density at radius 1 is 1.00 bits per heavy atom. The van der Waals surface area contributed by atoms with Crippen molar-refractivity contribution < 1.29 is 18.0 Å². The van der Waals surface area contributed by atoms with Gasteiger partial charge in [0.15, 0.2) is 5.96 Å². The van der Waals surface area contributed by atoms with E-state index in [0.717, 1.165) is 17.7 Å². The minimum atomic E-state index is -4.34. The molecule has 29 heavy (non-hydrogen) atoms. The van der Waals surface area contributed by atoms with Crippen LogP contribution in [0.1, 0.15) is 21.5 Å². The van der Waals surface area contributed by atoms with Crippen LogP contribution in [0.3, 0.4) is 0 Å². The van der Waals surface area contributed by atoms with Gasteiger partial charge in [-0.25, -0.2) is 0 Å². The van der Waals surface area contributed by atoms with Gasteiger partial charge in [-0.2, -0.15) is 13.2 Å². The van der Waals surface area contributed by atoms with Crippen LogP contribution < -0.4 is 10.6 Å². The smallest absolute Gasteiger partial charge is 0.354 e. The molecule has 0 aliphatic rings. The second-order valence-electron chi connectivity index (χ2n) is 6.15. The van der Waals surface area contributed by atoms with Crippen molar-refractivity contribution in [2.75, 3.05) is 27.2 Å². The summed E-state index contributed by atoms with van der Waals surface area (Å²) < 4.78 is 37.9. The largest absolute Gasteiger partial charge is 0.416 e. The average Bonchev–Trinajstić information content (AvgIpc) is 2.68. The van der Waals surface area contributed by atoms with Gasteiger partial charge in [0.2, 0.25) is 0 Å². The zero-order valence-corrected chi connectivity index (χ0v) is 18.5. The summed E-state index contributed by atoms with van der Waals surface area (Å²) in [4.78, 5) is 17.9. The lowest BCUT2D eigenvalue weighted by molar-refractivity contribution is -0.137. The number of carbonyl (C=O) groups is 1. The summed E-state index contributed by atoms with van der Waals surface area (Å²) in [5.41, 5.74) is 0.651. The van der Waals surface area contributed by atoms with E-state index in [1.807, 2.05) is 6.07 Å². The Labute approximate surface area is 185 Å². The number of hydrogen-bond acceptors (Lipinski definition) is 2. The van der Waals surface area contributed by atoms with Crippen LogP contribution >= 0.6 is 24.0 Å². The molecular formula is C20H24F3IN4O. The first kappa shape index (κ1) is 24.7. The molecule has 2 rings (SSSR count). The van der Waals surface area contributed by atoms with Crippen LogP contribution in [-0.2, 0) is 12.7 Å². The van der Waals surface area contributed by atoms with Crippen LogP contribution in [-0.4, -0.2) is 44.0 Å². The lowest BCUT2D eigenvalue weighted by atomic mass is 10.1. The fourth-order valence-corrected chi connectivity index (χ4v) is 2.57. The van der Waals surface area contributed by atoms with Gasteiger partial charge in [-0.15, -0.1) is 24.0 Å². The van der Waals surface area contributed by atoms with Crippen LogP contribution in [0, 0.1) is 0 Å². The van der Waals surface area contributed by atoms with E-state index < -0.39 is 11.7 Å². The van der Waals surface area contributed by atoms with Gasteiger partial charge >= 0.3 is 6.18 Å². The quantitative estimate of drug-likeness (QED) is 0.264. The minimum absolute atomic E-state index is 0. The number of alkyl halides is 3. The SMILES string of the molecule is CN=C(NCCNC(=O)c1ccccc1)N(C)Cc1ccc(C(F)(F)F)cc1.I. The first-order valence-corrected chi connectivity index (χ1v) is 8.72. The molecule has 9 heteroatoms. The van der Waals surface area contributed by atoms with Gasteiger partial charge < -0.3 is 15.5 Å². The molecule has 0 aliphatic heterocycles. The maximum Gasteiger partial charge on any atom is 0.416 e. The molecule has 0 heterocycles. The summed E-state index contributed by atoms with van der Waals surface area (Å²) in [6.07, 6.45) is -4.34. The van der Waals surface area contributed by atoms with Crippen LogP contribution in [0.5, 0.6) is 0 Å². The van der Waals surface area contributed by atoms with Crippen molar-refractivity contribution in [3.05, 3.63) is 71.3 Å². The Bertz CT molecular complexity index is 796. The lowest BCUT2D eigenvalue weighted by Crippen LogP contribution is -2.42. The second kappa shape index (κ2) is 11.6. The molecular weight excluding hydrogens is 496 g/mol. The fraction of sp³-hybridized carbons (Fsp3) is 0.300. The van der Waals surface area contributed by atoms with Crippen LogP contribution in [0.2, 0.25) is 0 Å². The van der Waals surface area contributed by atoms with Crippen molar-refractivity contribution in [3.8, 4) is 0 Å². The Hall–Kier alpha value is -2.30. The summed E-state index contributed by atoms with van der Waals surface area (Å²) >= 11 is 0. The maximum absolute atomic E-state index is 12.6. The Balaban J connectivity index is 0.00000420. The molecule has 0 aromatic heterocycles. The van der Waals surface area contributed by atoms with Gasteiger partial charge in [0.05, 0.1) is 5.56 Å². The molecule has 0 bridgehead atoms. The molecule has 2 aromatic carbocycles. The zero-order valence-electron chi connectivity index (χ0n) is 16.2. The topological polar surface area (TPSA) is 56.7 Å². The summed E-state index contributed by atoms with van der Waals surface area (Å²) in [5, 5.41) is 5.92. The van der Waals surface area contributed by atoms with Gasteiger partial charge in [-0.3, -0.25) is 9.79 Å². The molecule has 0 saturated heterocycles. The number of carbonyl (C=O) groups excluding carboxylic acids is 1. The summed E-state index contributed by atoms with van der Waals surface area (Å²) in [5.74, 6) is 0.421. The molecule has 0 atom stereocenters. The summed E-state index contributed by atoms with van der Waals surface area (Å²) in [6, 6.07) is 13.9. The highest BCUT2D eigenvalue weighted by Gasteiger charge is 2.29. The molecule has 2 N–H and O–H groups in total. The lowest BCUT2D eigenvalue weighted by Gasteiger charge is -2.22. The predicted octanol–water partition coefficient (Wildman–Crippen LogP) is 3.76. The number of aliphatic imine (C=N–C) groups is 1. The predicted molar refractivity (Wildman–Crippen MR) is 118 cm³/mol. The molecule has 0 unspecified atom stereocenters. The molecule has 0 spiro atoms. The third kappa shape index (κ3) is 7.92. The zero-order chi connectivity index (χ0) is 20.6. The second-order valence-corrected chi connectivity index (χ2v) is 6.15. The first-order valence-electron chi connectivity index (χ1n) is 8.72. The molecule has 0 fully saturated rings. The van der Waals surface area contributed by atoms with Crippen molar-refractivity contribution in [1.29, 1.82) is 0 Å². The molecule has 2 aromatic rings. The minimum Gasteiger partial charge on any atom is -0.354 e. The number of nitrogens with zero attached hydrogens (tertiary/aromatic N) is 2. The number of amides is 1.